The first-order valence-corrected chi connectivity index (χ1v) is 10.7. The van der Waals surface area contributed by atoms with Crippen LogP contribution in [0.5, 0.6) is 0 Å². The van der Waals surface area contributed by atoms with Gasteiger partial charge in [-0.1, -0.05) is 25.4 Å². The second-order valence-electron chi connectivity index (χ2n) is 8.12. The number of carbonyl (C=O) groups excluding carboxylic acids is 3. The minimum atomic E-state index is -1.26. The molecule has 0 unspecified atom stereocenters. The van der Waals surface area contributed by atoms with Gasteiger partial charge in [0.2, 0.25) is 5.91 Å². The summed E-state index contributed by atoms with van der Waals surface area (Å²) < 4.78 is 6.41. The van der Waals surface area contributed by atoms with Gasteiger partial charge in [-0.2, -0.15) is 5.10 Å². The van der Waals surface area contributed by atoms with Crippen LogP contribution in [0.2, 0.25) is 5.02 Å². The third-order valence-electron chi connectivity index (χ3n) is 5.22. The molecule has 1 aliphatic rings. The lowest BCUT2D eigenvalue weighted by atomic mass is 9.93. The lowest BCUT2D eigenvalue weighted by molar-refractivity contribution is -0.126. The molecule has 3 rings (SSSR count). The average molecular weight is 447 g/mol. The monoisotopic (exact) mass is 446 g/mol. The number of hydrogen-bond acceptors (Lipinski definition) is 5. The Bertz CT molecular complexity index is 986. The fraction of sp³-hybridized carbons (Fsp3) is 0.455. The van der Waals surface area contributed by atoms with E-state index >= 15 is 0 Å². The highest BCUT2D eigenvalue weighted by atomic mass is 35.5. The SMILES string of the molecule is CCOC(=O)c1cc2n(n1)C[C@](C)(C(=O)NCCC(C)C)N(c1ccc(Cl)cc1)C2=O. The molecule has 1 aromatic heterocycles. The van der Waals surface area contributed by atoms with Gasteiger partial charge in [0.25, 0.3) is 5.91 Å². The van der Waals surface area contributed by atoms with Crippen LogP contribution in [-0.2, 0) is 16.1 Å². The number of nitrogens with zero attached hydrogens (tertiary/aromatic N) is 3. The van der Waals surface area contributed by atoms with E-state index in [1.807, 2.05) is 0 Å². The van der Waals surface area contributed by atoms with Crippen LogP contribution in [0.1, 0.15) is 55.1 Å². The van der Waals surface area contributed by atoms with Gasteiger partial charge in [-0.25, -0.2) is 4.79 Å². The van der Waals surface area contributed by atoms with E-state index < -0.39 is 17.4 Å². The van der Waals surface area contributed by atoms with Gasteiger partial charge in [-0.05, 0) is 50.5 Å². The number of esters is 1. The molecule has 166 valence electrons. The number of amides is 2. The minimum Gasteiger partial charge on any atom is -0.461 e. The molecule has 8 nitrogen and oxygen atoms in total. The van der Waals surface area contributed by atoms with Crippen LogP contribution < -0.4 is 10.2 Å². The maximum atomic E-state index is 13.5. The van der Waals surface area contributed by atoms with Gasteiger partial charge in [0, 0.05) is 23.3 Å². The van der Waals surface area contributed by atoms with Crippen molar-refractivity contribution >= 4 is 35.1 Å². The molecule has 0 saturated heterocycles. The Labute approximate surface area is 186 Å². The lowest BCUT2D eigenvalue weighted by Gasteiger charge is -2.43. The van der Waals surface area contributed by atoms with E-state index in [-0.39, 0.29) is 30.4 Å². The Morgan fingerprint density at radius 2 is 1.97 bits per heavy atom. The molecule has 9 heteroatoms. The van der Waals surface area contributed by atoms with Crippen LogP contribution in [0.3, 0.4) is 0 Å². The van der Waals surface area contributed by atoms with E-state index in [4.69, 9.17) is 16.3 Å². The first-order chi connectivity index (χ1) is 14.7. The lowest BCUT2D eigenvalue weighted by Crippen LogP contribution is -2.64. The second kappa shape index (κ2) is 9.09. The molecular weight excluding hydrogens is 420 g/mol. The number of nitrogens with one attached hydrogen (secondary N) is 1. The highest BCUT2D eigenvalue weighted by Gasteiger charge is 2.49. The van der Waals surface area contributed by atoms with Gasteiger partial charge in [-0.15, -0.1) is 0 Å². The zero-order valence-corrected chi connectivity index (χ0v) is 18.9. The van der Waals surface area contributed by atoms with Crippen molar-refractivity contribution in [2.24, 2.45) is 5.92 Å². The van der Waals surface area contributed by atoms with Gasteiger partial charge in [0.15, 0.2) is 5.69 Å². The number of carbonyl (C=O) groups is 3. The molecule has 2 aromatic rings. The molecule has 0 fully saturated rings. The predicted molar refractivity (Wildman–Crippen MR) is 117 cm³/mol. The van der Waals surface area contributed by atoms with Crippen molar-refractivity contribution in [2.75, 3.05) is 18.1 Å². The second-order valence-corrected chi connectivity index (χ2v) is 8.56. The van der Waals surface area contributed by atoms with Gasteiger partial charge in [0.1, 0.15) is 11.2 Å². The summed E-state index contributed by atoms with van der Waals surface area (Å²) in [6.07, 6.45) is 0.816. The fourth-order valence-electron chi connectivity index (χ4n) is 3.55. The highest BCUT2D eigenvalue weighted by Crippen LogP contribution is 2.33. The van der Waals surface area contributed by atoms with Crippen LogP contribution in [-0.4, -0.2) is 46.3 Å². The van der Waals surface area contributed by atoms with Crippen molar-refractivity contribution in [3.63, 3.8) is 0 Å². The summed E-state index contributed by atoms with van der Waals surface area (Å²) in [6, 6.07) is 8.12. The minimum absolute atomic E-state index is 0.0331. The molecule has 0 radical (unpaired) electrons. The Hall–Kier alpha value is -2.87. The average Bonchev–Trinajstić information content (AvgIpc) is 3.13. The Balaban J connectivity index is 2.02. The number of halogens is 1. The van der Waals surface area contributed by atoms with E-state index in [1.54, 1.807) is 38.1 Å². The maximum absolute atomic E-state index is 13.5. The molecule has 1 atom stereocenters. The topological polar surface area (TPSA) is 93.5 Å². The summed E-state index contributed by atoms with van der Waals surface area (Å²) in [5, 5.41) is 7.71. The molecule has 0 aliphatic carbocycles. The third-order valence-corrected chi connectivity index (χ3v) is 5.47. The van der Waals surface area contributed by atoms with Gasteiger partial charge >= 0.3 is 5.97 Å². The van der Waals surface area contributed by atoms with Crippen LogP contribution in [0, 0.1) is 5.92 Å². The molecule has 31 heavy (non-hydrogen) atoms. The Morgan fingerprint density at radius 1 is 1.29 bits per heavy atom. The Morgan fingerprint density at radius 3 is 2.58 bits per heavy atom. The highest BCUT2D eigenvalue weighted by molar-refractivity contribution is 6.30. The van der Waals surface area contributed by atoms with Gasteiger partial charge in [-0.3, -0.25) is 19.2 Å². The number of aromatic nitrogens is 2. The summed E-state index contributed by atoms with van der Waals surface area (Å²) in [7, 11) is 0. The fourth-order valence-corrected chi connectivity index (χ4v) is 3.67. The third kappa shape index (κ3) is 4.58. The molecule has 2 amide bonds. The van der Waals surface area contributed by atoms with Gasteiger partial charge in [0.05, 0.1) is 13.2 Å². The smallest absolute Gasteiger partial charge is 0.358 e. The van der Waals surface area contributed by atoms with Crippen LogP contribution in [0.15, 0.2) is 30.3 Å². The van der Waals surface area contributed by atoms with Crippen molar-refractivity contribution < 1.29 is 19.1 Å². The van der Waals surface area contributed by atoms with Crippen molar-refractivity contribution in [1.82, 2.24) is 15.1 Å². The van der Waals surface area contributed by atoms with Crippen molar-refractivity contribution in [2.45, 2.75) is 46.2 Å². The van der Waals surface area contributed by atoms with Crippen LogP contribution in [0.25, 0.3) is 0 Å². The molecule has 0 saturated carbocycles. The molecule has 1 aromatic carbocycles. The van der Waals surface area contributed by atoms with Crippen molar-refractivity contribution in [3.05, 3.63) is 46.7 Å². The quantitative estimate of drug-likeness (QED) is 0.658. The summed E-state index contributed by atoms with van der Waals surface area (Å²) >= 11 is 6.02. The molecule has 2 heterocycles. The number of fused-ring (bicyclic) bond motifs is 1. The van der Waals surface area contributed by atoms with E-state index in [9.17, 15) is 14.4 Å². The summed E-state index contributed by atoms with van der Waals surface area (Å²) in [4.78, 5) is 40.4. The number of anilines is 1. The molecule has 1 N–H and O–H groups in total. The van der Waals surface area contributed by atoms with Crippen molar-refractivity contribution in [1.29, 1.82) is 0 Å². The van der Waals surface area contributed by atoms with E-state index in [0.29, 0.717) is 23.2 Å². The van der Waals surface area contributed by atoms with Crippen LogP contribution in [0.4, 0.5) is 5.69 Å². The number of benzene rings is 1. The normalized spacial score (nSPS) is 18.1. The zero-order chi connectivity index (χ0) is 22.8. The molecule has 0 bridgehead atoms. The number of ether oxygens (including phenoxy) is 1. The standard InChI is InChI=1S/C22H27ClN4O4/c1-5-31-20(29)17-12-18-19(28)27(16-8-6-15(23)7-9-16)22(4,13-26(18)25-17)21(30)24-11-10-14(2)3/h6-9,12,14H,5,10-11,13H2,1-4H3,(H,24,30)/t22-/m1/s1. The summed E-state index contributed by atoms with van der Waals surface area (Å²) in [6.45, 7) is 8.31. The largest absolute Gasteiger partial charge is 0.461 e. The molecule has 1 aliphatic heterocycles. The molecular formula is C22H27ClN4O4. The first-order valence-electron chi connectivity index (χ1n) is 10.3. The summed E-state index contributed by atoms with van der Waals surface area (Å²) in [5.41, 5.74) is -0.482. The van der Waals surface area contributed by atoms with Crippen molar-refractivity contribution in [3.8, 4) is 0 Å². The summed E-state index contributed by atoms with van der Waals surface area (Å²) in [5.74, 6) is -0.912. The maximum Gasteiger partial charge on any atom is 0.358 e. The van der Waals surface area contributed by atoms with E-state index in [2.05, 4.69) is 24.3 Å². The zero-order valence-electron chi connectivity index (χ0n) is 18.1. The number of rotatable bonds is 7. The molecule has 0 spiro atoms. The Kier molecular flexibility index (Phi) is 6.69. The van der Waals surface area contributed by atoms with E-state index in [0.717, 1.165) is 6.42 Å². The number of hydrogen-bond donors (Lipinski definition) is 1. The van der Waals surface area contributed by atoms with E-state index in [1.165, 1.54) is 15.6 Å². The first kappa shape index (κ1) is 22.8. The van der Waals surface area contributed by atoms with Gasteiger partial charge < -0.3 is 10.1 Å². The predicted octanol–water partition coefficient (Wildman–Crippen LogP) is 3.29. The van der Waals surface area contributed by atoms with Crippen LogP contribution >= 0.6 is 11.6 Å².